The molecule has 9 heteroatoms. The van der Waals surface area contributed by atoms with Crippen molar-refractivity contribution in [2.45, 2.75) is 19.8 Å². The van der Waals surface area contributed by atoms with E-state index >= 15 is 0 Å². The van der Waals surface area contributed by atoms with E-state index in [9.17, 15) is 13.2 Å². The molecular weight excluding hydrogens is 416 g/mol. The van der Waals surface area contributed by atoms with Gasteiger partial charge < -0.3 is 14.8 Å². The van der Waals surface area contributed by atoms with Crippen LogP contribution in [-0.4, -0.2) is 40.8 Å². The molecule has 0 aliphatic carbocycles. The van der Waals surface area contributed by atoms with Gasteiger partial charge in [-0.25, -0.2) is 8.42 Å². The zero-order valence-electron chi connectivity index (χ0n) is 16.6. The lowest BCUT2D eigenvalue weighted by Gasteiger charge is -2.23. The summed E-state index contributed by atoms with van der Waals surface area (Å²) in [4.78, 5) is 12.2. The number of carbonyl (C=O) groups excluding carboxylic acids is 1. The summed E-state index contributed by atoms with van der Waals surface area (Å²) in [5.41, 5.74) is 1.07. The van der Waals surface area contributed by atoms with Crippen molar-refractivity contribution in [3.63, 3.8) is 0 Å². The summed E-state index contributed by atoms with van der Waals surface area (Å²) < 4.78 is 36.1. The number of methoxy groups -OCH3 is 1. The van der Waals surface area contributed by atoms with Crippen LogP contribution in [0, 0.1) is 0 Å². The average molecular weight is 441 g/mol. The second-order valence-electron chi connectivity index (χ2n) is 6.26. The van der Waals surface area contributed by atoms with Crippen LogP contribution in [0.2, 0.25) is 5.02 Å². The van der Waals surface area contributed by atoms with Crippen molar-refractivity contribution < 1.29 is 22.7 Å². The second-order valence-corrected chi connectivity index (χ2v) is 8.58. The van der Waals surface area contributed by atoms with Gasteiger partial charge in [0.2, 0.25) is 15.9 Å². The van der Waals surface area contributed by atoms with E-state index in [1.807, 2.05) is 6.92 Å². The molecule has 158 valence electrons. The Bertz CT molecular complexity index is 932. The minimum atomic E-state index is -3.53. The maximum atomic E-state index is 12.2. The fraction of sp³-hybridized carbons (Fsp3) is 0.350. The molecule has 0 fully saturated rings. The van der Waals surface area contributed by atoms with Gasteiger partial charge in [0.25, 0.3) is 0 Å². The van der Waals surface area contributed by atoms with Crippen molar-refractivity contribution in [1.82, 2.24) is 0 Å². The summed E-state index contributed by atoms with van der Waals surface area (Å²) in [6.45, 7) is 2.62. The SMILES string of the molecule is CCOc1ccc(NC(=O)CCCN(c2ccc(OC)c(Cl)c2)S(C)(=O)=O)cc1. The van der Waals surface area contributed by atoms with E-state index in [2.05, 4.69) is 5.32 Å². The Morgan fingerprint density at radius 3 is 2.41 bits per heavy atom. The number of benzene rings is 2. The van der Waals surface area contributed by atoms with Crippen LogP contribution in [0.25, 0.3) is 0 Å². The third kappa shape index (κ3) is 6.83. The molecule has 0 bridgehead atoms. The Hall–Kier alpha value is -2.45. The van der Waals surface area contributed by atoms with Gasteiger partial charge in [-0.3, -0.25) is 9.10 Å². The molecule has 0 saturated heterocycles. The summed E-state index contributed by atoms with van der Waals surface area (Å²) in [7, 11) is -2.05. The highest BCUT2D eigenvalue weighted by Crippen LogP contribution is 2.30. The van der Waals surface area contributed by atoms with E-state index < -0.39 is 10.0 Å². The predicted molar refractivity (Wildman–Crippen MR) is 116 cm³/mol. The molecule has 0 aliphatic heterocycles. The number of nitrogens with one attached hydrogen (secondary N) is 1. The second kappa shape index (κ2) is 10.4. The van der Waals surface area contributed by atoms with E-state index in [0.29, 0.717) is 35.2 Å². The maximum absolute atomic E-state index is 12.2. The minimum Gasteiger partial charge on any atom is -0.495 e. The quantitative estimate of drug-likeness (QED) is 0.605. The van der Waals surface area contributed by atoms with E-state index in [4.69, 9.17) is 21.1 Å². The van der Waals surface area contributed by atoms with Gasteiger partial charge in [-0.1, -0.05) is 11.6 Å². The molecular formula is C20H25ClN2O5S. The first-order valence-corrected chi connectivity index (χ1v) is 11.3. The van der Waals surface area contributed by atoms with Gasteiger partial charge >= 0.3 is 0 Å². The number of hydrogen-bond donors (Lipinski definition) is 1. The first-order valence-electron chi connectivity index (χ1n) is 9.08. The molecule has 7 nitrogen and oxygen atoms in total. The van der Waals surface area contributed by atoms with Gasteiger partial charge in [0.05, 0.1) is 30.7 Å². The molecule has 2 aromatic carbocycles. The summed E-state index contributed by atoms with van der Waals surface area (Å²) >= 11 is 6.11. The van der Waals surface area contributed by atoms with Crippen molar-refractivity contribution in [3.8, 4) is 11.5 Å². The lowest BCUT2D eigenvalue weighted by Crippen LogP contribution is -2.31. The van der Waals surface area contributed by atoms with Crippen molar-refractivity contribution in [2.75, 3.05) is 36.1 Å². The smallest absolute Gasteiger partial charge is 0.232 e. The average Bonchev–Trinajstić information content (AvgIpc) is 2.66. The molecule has 0 heterocycles. The third-order valence-electron chi connectivity index (χ3n) is 4.04. The Morgan fingerprint density at radius 2 is 1.86 bits per heavy atom. The zero-order chi connectivity index (χ0) is 21.4. The van der Waals surface area contributed by atoms with Crippen LogP contribution in [0.4, 0.5) is 11.4 Å². The molecule has 0 radical (unpaired) electrons. The van der Waals surface area contributed by atoms with Gasteiger partial charge in [0.1, 0.15) is 11.5 Å². The molecule has 0 saturated carbocycles. The van der Waals surface area contributed by atoms with Gasteiger partial charge in [0, 0.05) is 18.7 Å². The van der Waals surface area contributed by atoms with E-state index in [0.717, 1.165) is 12.0 Å². The van der Waals surface area contributed by atoms with Crippen LogP contribution in [0.5, 0.6) is 11.5 Å². The number of sulfonamides is 1. The highest BCUT2D eigenvalue weighted by molar-refractivity contribution is 7.92. The molecule has 0 aliphatic rings. The Kier molecular flexibility index (Phi) is 8.16. The first kappa shape index (κ1) is 22.8. The summed E-state index contributed by atoms with van der Waals surface area (Å²) in [6.07, 6.45) is 1.63. The van der Waals surface area contributed by atoms with Gasteiger partial charge in [-0.2, -0.15) is 0 Å². The van der Waals surface area contributed by atoms with Crippen LogP contribution in [0.3, 0.4) is 0 Å². The number of halogens is 1. The number of rotatable bonds is 10. The molecule has 1 N–H and O–H groups in total. The van der Waals surface area contributed by atoms with Crippen molar-refractivity contribution >= 4 is 38.9 Å². The third-order valence-corrected chi connectivity index (χ3v) is 5.53. The Labute approximate surface area is 176 Å². The highest BCUT2D eigenvalue weighted by atomic mass is 35.5. The molecule has 2 aromatic rings. The molecule has 0 unspecified atom stereocenters. The van der Waals surface area contributed by atoms with Crippen LogP contribution in [0.15, 0.2) is 42.5 Å². The lowest BCUT2D eigenvalue weighted by molar-refractivity contribution is -0.116. The monoisotopic (exact) mass is 440 g/mol. The molecule has 0 spiro atoms. The molecule has 0 atom stereocenters. The fourth-order valence-corrected chi connectivity index (χ4v) is 3.91. The van der Waals surface area contributed by atoms with E-state index in [1.165, 1.54) is 17.5 Å². The van der Waals surface area contributed by atoms with Crippen molar-refractivity contribution in [3.05, 3.63) is 47.5 Å². The lowest BCUT2D eigenvalue weighted by atomic mass is 10.2. The van der Waals surface area contributed by atoms with Gasteiger partial charge in [0.15, 0.2) is 0 Å². The largest absolute Gasteiger partial charge is 0.495 e. The Morgan fingerprint density at radius 1 is 1.17 bits per heavy atom. The highest BCUT2D eigenvalue weighted by Gasteiger charge is 2.19. The molecule has 2 rings (SSSR count). The summed E-state index contributed by atoms with van der Waals surface area (Å²) in [5, 5.41) is 3.10. The van der Waals surface area contributed by atoms with Crippen LogP contribution in [0.1, 0.15) is 19.8 Å². The summed E-state index contributed by atoms with van der Waals surface area (Å²) in [6, 6.07) is 11.8. The standard InChI is InChI=1S/C20H25ClN2O5S/c1-4-28-17-10-7-15(8-11-17)22-20(24)6-5-13-23(29(3,25)26)16-9-12-19(27-2)18(21)14-16/h7-12,14H,4-6,13H2,1-3H3,(H,22,24). The Balaban J connectivity index is 1.96. The number of ether oxygens (including phenoxy) is 2. The summed E-state index contributed by atoms with van der Waals surface area (Å²) in [5.74, 6) is 0.987. The minimum absolute atomic E-state index is 0.151. The maximum Gasteiger partial charge on any atom is 0.232 e. The number of hydrogen-bond acceptors (Lipinski definition) is 5. The predicted octanol–water partition coefficient (Wildman–Crippen LogP) is 3.93. The number of anilines is 2. The topological polar surface area (TPSA) is 84.9 Å². The van der Waals surface area contributed by atoms with Gasteiger partial charge in [-0.05, 0) is 55.8 Å². The number of amides is 1. The first-order chi connectivity index (χ1) is 13.7. The fourth-order valence-electron chi connectivity index (χ4n) is 2.70. The molecule has 0 aromatic heterocycles. The number of carbonyl (C=O) groups is 1. The number of nitrogens with zero attached hydrogens (tertiary/aromatic N) is 1. The molecule has 29 heavy (non-hydrogen) atoms. The zero-order valence-corrected chi connectivity index (χ0v) is 18.2. The van der Waals surface area contributed by atoms with E-state index in [1.54, 1.807) is 36.4 Å². The normalized spacial score (nSPS) is 11.0. The van der Waals surface area contributed by atoms with Gasteiger partial charge in [-0.15, -0.1) is 0 Å². The molecule has 1 amide bonds. The van der Waals surface area contributed by atoms with E-state index in [-0.39, 0.29) is 18.9 Å². The van der Waals surface area contributed by atoms with Crippen LogP contribution in [-0.2, 0) is 14.8 Å². The van der Waals surface area contributed by atoms with Crippen LogP contribution < -0.4 is 19.1 Å². The van der Waals surface area contributed by atoms with Crippen molar-refractivity contribution in [2.24, 2.45) is 0 Å². The van der Waals surface area contributed by atoms with Crippen molar-refractivity contribution in [1.29, 1.82) is 0 Å². The van der Waals surface area contributed by atoms with Crippen LogP contribution >= 0.6 is 11.6 Å².